The summed E-state index contributed by atoms with van der Waals surface area (Å²) >= 11 is 0. The minimum absolute atomic E-state index is 0.333. The van der Waals surface area contributed by atoms with E-state index >= 15 is 0 Å². The van der Waals surface area contributed by atoms with Crippen molar-refractivity contribution in [2.75, 3.05) is 12.3 Å². The molecule has 0 saturated heterocycles. The Labute approximate surface area is 122 Å². The van der Waals surface area contributed by atoms with Crippen molar-refractivity contribution in [3.8, 4) is 0 Å². The van der Waals surface area contributed by atoms with E-state index in [0.717, 1.165) is 25.0 Å². The summed E-state index contributed by atoms with van der Waals surface area (Å²) in [5.74, 6) is 2.67. The van der Waals surface area contributed by atoms with Gasteiger partial charge >= 0.3 is 0 Å². The summed E-state index contributed by atoms with van der Waals surface area (Å²) in [7, 11) is -0.693. The fourth-order valence-electron chi connectivity index (χ4n) is 3.07. The van der Waals surface area contributed by atoms with Gasteiger partial charge < -0.3 is 5.73 Å². The average molecular weight is 288 g/mol. The maximum Gasteiger partial charge on any atom is 0.0391 e. The summed E-state index contributed by atoms with van der Waals surface area (Å²) < 4.78 is 12.6. The molecule has 3 heteroatoms. The van der Waals surface area contributed by atoms with Crippen LogP contribution < -0.4 is 5.73 Å². The van der Waals surface area contributed by atoms with Gasteiger partial charge in [-0.25, -0.2) is 0 Å². The van der Waals surface area contributed by atoms with Crippen molar-refractivity contribution in [3.05, 3.63) is 0 Å². The molecule has 1 aliphatic carbocycles. The molecule has 4 unspecified atom stereocenters. The molecule has 0 spiro atoms. The number of hydrogen-bond donors (Lipinski definition) is 1. The maximum absolute atomic E-state index is 12.6. The Bertz CT molecular complexity index is 296. The lowest BCUT2D eigenvalue weighted by molar-refractivity contribution is 0.156. The van der Waals surface area contributed by atoms with Crippen LogP contribution in [0.1, 0.15) is 60.3 Å². The van der Waals surface area contributed by atoms with Crippen molar-refractivity contribution in [2.24, 2.45) is 28.9 Å². The van der Waals surface area contributed by atoms with E-state index in [4.69, 9.17) is 5.73 Å². The van der Waals surface area contributed by atoms with Crippen LogP contribution in [0, 0.1) is 23.2 Å². The predicted octanol–water partition coefficient (Wildman–Crippen LogP) is 3.57. The second-order valence-electron chi connectivity index (χ2n) is 7.68. The van der Waals surface area contributed by atoms with Crippen LogP contribution in [-0.2, 0) is 10.8 Å². The topological polar surface area (TPSA) is 43.1 Å². The normalized spacial score (nSPS) is 30.6. The van der Waals surface area contributed by atoms with Gasteiger partial charge in [-0.15, -0.1) is 0 Å². The van der Waals surface area contributed by atoms with Crippen molar-refractivity contribution in [1.29, 1.82) is 0 Å². The van der Waals surface area contributed by atoms with Crippen LogP contribution in [0.4, 0.5) is 0 Å². The standard InChI is InChI=1S/C16H33NOS/c1-12(2)8-9-19(18)15-10-14(16(3,4)5)7-6-13(15)11-17/h12-15H,6-11,17H2,1-5H3. The Kier molecular flexibility index (Phi) is 6.52. The molecule has 0 aromatic heterocycles. The van der Waals surface area contributed by atoms with E-state index in [1.165, 1.54) is 6.42 Å². The second kappa shape index (κ2) is 7.21. The zero-order valence-corrected chi connectivity index (χ0v) is 14.3. The number of hydrogen-bond acceptors (Lipinski definition) is 2. The van der Waals surface area contributed by atoms with E-state index in [-0.39, 0.29) is 0 Å². The van der Waals surface area contributed by atoms with Crippen LogP contribution in [0.15, 0.2) is 0 Å². The van der Waals surface area contributed by atoms with Gasteiger partial charge in [-0.1, -0.05) is 34.6 Å². The fourth-order valence-corrected chi connectivity index (χ4v) is 5.20. The molecule has 0 bridgehead atoms. The van der Waals surface area contributed by atoms with Crippen molar-refractivity contribution < 1.29 is 4.21 Å². The molecular weight excluding hydrogens is 254 g/mol. The highest BCUT2D eigenvalue weighted by Crippen LogP contribution is 2.41. The Morgan fingerprint density at radius 1 is 1.26 bits per heavy atom. The van der Waals surface area contributed by atoms with Gasteiger partial charge in [0, 0.05) is 21.8 Å². The van der Waals surface area contributed by atoms with Crippen LogP contribution in [-0.4, -0.2) is 21.8 Å². The van der Waals surface area contributed by atoms with Crippen molar-refractivity contribution in [3.63, 3.8) is 0 Å². The molecule has 19 heavy (non-hydrogen) atoms. The highest BCUT2D eigenvalue weighted by Gasteiger charge is 2.37. The zero-order valence-electron chi connectivity index (χ0n) is 13.4. The molecule has 1 fully saturated rings. The minimum Gasteiger partial charge on any atom is -0.330 e. The summed E-state index contributed by atoms with van der Waals surface area (Å²) in [6, 6.07) is 0. The monoisotopic (exact) mass is 287 g/mol. The molecule has 2 N–H and O–H groups in total. The van der Waals surface area contributed by atoms with Crippen LogP contribution in [0.5, 0.6) is 0 Å². The first-order valence-corrected chi connectivity index (χ1v) is 9.21. The average Bonchev–Trinajstić information content (AvgIpc) is 2.33. The lowest BCUT2D eigenvalue weighted by Gasteiger charge is -2.41. The summed E-state index contributed by atoms with van der Waals surface area (Å²) in [5, 5.41) is 0.335. The van der Waals surface area contributed by atoms with Gasteiger partial charge in [0.25, 0.3) is 0 Å². The third-order valence-corrected chi connectivity index (χ3v) is 6.58. The molecule has 0 aliphatic heterocycles. The highest BCUT2D eigenvalue weighted by atomic mass is 32.2. The molecule has 1 rings (SSSR count). The highest BCUT2D eigenvalue weighted by molar-refractivity contribution is 7.85. The SMILES string of the molecule is CC(C)CCS(=O)C1CC(C(C)(C)C)CCC1CN. The maximum atomic E-state index is 12.6. The van der Waals surface area contributed by atoms with E-state index in [0.29, 0.717) is 35.0 Å². The van der Waals surface area contributed by atoms with Crippen molar-refractivity contribution >= 4 is 10.8 Å². The molecule has 0 aromatic carbocycles. The van der Waals surface area contributed by atoms with Crippen molar-refractivity contribution in [1.82, 2.24) is 0 Å². The van der Waals surface area contributed by atoms with Crippen molar-refractivity contribution in [2.45, 2.75) is 65.6 Å². The smallest absolute Gasteiger partial charge is 0.0391 e. The largest absolute Gasteiger partial charge is 0.330 e. The summed E-state index contributed by atoms with van der Waals surface area (Å²) in [6.45, 7) is 12.1. The summed E-state index contributed by atoms with van der Waals surface area (Å²) in [5.41, 5.74) is 6.24. The van der Waals surface area contributed by atoms with Crippen LogP contribution in [0.25, 0.3) is 0 Å². The van der Waals surface area contributed by atoms with Gasteiger partial charge in [-0.3, -0.25) is 4.21 Å². The molecule has 2 nitrogen and oxygen atoms in total. The summed E-state index contributed by atoms with van der Waals surface area (Å²) in [4.78, 5) is 0. The first-order valence-electron chi connectivity index (χ1n) is 7.83. The fraction of sp³-hybridized carbons (Fsp3) is 1.00. The molecule has 4 atom stereocenters. The Hall–Kier alpha value is 0.110. The molecule has 0 radical (unpaired) electrons. The van der Waals surface area contributed by atoms with Gasteiger partial charge in [0.1, 0.15) is 0 Å². The number of nitrogens with two attached hydrogens (primary N) is 1. The Morgan fingerprint density at radius 3 is 2.37 bits per heavy atom. The molecular formula is C16H33NOS. The van der Waals surface area contributed by atoms with E-state index in [1.807, 2.05) is 0 Å². The second-order valence-corrected chi connectivity index (χ2v) is 9.45. The zero-order chi connectivity index (χ0) is 14.6. The van der Waals surface area contributed by atoms with E-state index < -0.39 is 10.8 Å². The molecule has 0 aromatic rings. The minimum atomic E-state index is -0.693. The van der Waals surface area contributed by atoms with Gasteiger partial charge in [-0.2, -0.15) is 0 Å². The number of rotatable bonds is 5. The first kappa shape index (κ1) is 17.2. The molecule has 114 valence electrons. The van der Waals surface area contributed by atoms with Gasteiger partial charge in [0.15, 0.2) is 0 Å². The van der Waals surface area contributed by atoms with E-state index in [2.05, 4.69) is 34.6 Å². The quantitative estimate of drug-likeness (QED) is 0.840. The van der Waals surface area contributed by atoms with Crippen LogP contribution >= 0.6 is 0 Å². The van der Waals surface area contributed by atoms with E-state index in [9.17, 15) is 4.21 Å². The molecule has 1 saturated carbocycles. The lowest BCUT2D eigenvalue weighted by Crippen LogP contribution is -2.41. The van der Waals surface area contributed by atoms with Gasteiger partial charge in [0.2, 0.25) is 0 Å². The third kappa shape index (κ3) is 5.18. The van der Waals surface area contributed by atoms with Gasteiger partial charge in [0.05, 0.1) is 0 Å². The Morgan fingerprint density at radius 2 is 1.89 bits per heavy atom. The lowest BCUT2D eigenvalue weighted by atomic mass is 9.69. The first-order chi connectivity index (χ1) is 8.75. The third-order valence-electron chi connectivity index (χ3n) is 4.69. The molecule has 0 amide bonds. The molecule has 0 heterocycles. The van der Waals surface area contributed by atoms with Gasteiger partial charge in [-0.05, 0) is 55.4 Å². The Balaban J connectivity index is 2.67. The summed E-state index contributed by atoms with van der Waals surface area (Å²) in [6.07, 6.45) is 4.59. The molecule has 1 aliphatic rings. The predicted molar refractivity (Wildman–Crippen MR) is 85.6 cm³/mol. The van der Waals surface area contributed by atoms with E-state index in [1.54, 1.807) is 0 Å². The van der Waals surface area contributed by atoms with Crippen LogP contribution in [0.2, 0.25) is 0 Å². The van der Waals surface area contributed by atoms with Crippen LogP contribution in [0.3, 0.4) is 0 Å².